The van der Waals surface area contributed by atoms with Crippen molar-refractivity contribution in [3.8, 4) is 11.1 Å². The molecule has 0 saturated carbocycles. The van der Waals surface area contributed by atoms with Crippen molar-refractivity contribution in [2.24, 2.45) is 0 Å². The van der Waals surface area contributed by atoms with Gasteiger partial charge in [-0.15, -0.1) is 0 Å². The van der Waals surface area contributed by atoms with E-state index >= 15 is 0 Å². The van der Waals surface area contributed by atoms with Crippen molar-refractivity contribution in [3.63, 3.8) is 0 Å². The molecule has 1 heterocycles. The maximum atomic E-state index is 13.3. The zero-order chi connectivity index (χ0) is 12.5. The van der Waals surface area contributed by atoms with Crippen LogP contribution in [-0.2, 0) is 6.42 Å². The van der Waals surface area contributed by atoms with Crippen LogP contribution in [0, 0.1) is 12.7 Å². The summed E-state index contributed by atoms with van der Waals surface area (Å²) >= 11 is 0. The van der Waals surface area contributed by atoms with Gasteiger partial charge in [0, 0.05) is 12.2 Å². The van der Waals surface area contributed by atoms with Gasteiger partial charge in [-0.3, -0.25) is 0 Å². The first-order valence-corrected chi connectivity index (χ1v) is 6.37. The molecule has 0 radical (unpaired) electrons. The highest BCUT2D eigenvalue weighted by atomic mass is 19.1. The van der Waals surface area contributed by atoms with Gasteiger partial charge in [-0.05, 0) is 60.2 Å². The SMILES string of the molecule is Cc1cc(-c2ccc3c(c2)NCCC3)ccc1F. The largest absolute Gasteiger partial charge is 0.385 e. The normalized spacial score (nSPS) is 13.9. The molecule has 1 aliphatic heterocycles. The Morgan fingerprint density at radius 3 is 2.67 bits per heavy atom. The highest BCUT2D eigenvalue weighted by molar-refractivity contribution is 5.71. The summed E-state index contributed by atoms with van der Waals surface area (Å²) in [4.78, 5) is 0. The van der Waals surface area contributed by atoms with E-state index in [1.807, 2.05) is 12.1 Å². The lowest BCUT2D eigenvalue weighted by Gasteiger charge is -2.19. The summed E-state index contributed by atoms with van der Waals surface area (Å²) in [5.41, 5.74) is 5.51. The molecule has 18 heavy (non-hydrogen) atoms. The van der Waals surface area contributed by atoms with Crippen LogP contribution in [0.4, 0.5) is 10.1 Å². The van der Waals surface area contributed by atoms with Crippen molar-refractivity contribution in [1.82, 2.24) is 0 Å². The Morgan fingerprint density at radius 2 is 1.83 bits per heavy atom. The van der Waals surface area contributed by atoms with Gasteiger partial charge in [0.1, 0.15) is 5.82 Å². The fraction of sp³-hybridized carbons (Fsp3) is 0.250. The second-order valence-electron chi connectivity index (χ2n) is 4.87. The minimum atomic E-state index is -0.144. The topological polar surface area (TPSA) is 12.0 Å². The third kappa shape index (κ3) is 1.99. The molecule has 2 aromatic rings. The number of anilines is 1. The van der Waals surface area contributed by atoms with E-state index in [0.717, 1.165) is 24.1 Å². The highest BCUT2D eigenvalue weighted by Gasteiger charge is 2.10. The van der Waals surface area contributed by atoms with Gasteiger partial charge in [0.15, 0.2) is 0 Å². The minimum Gasteiger partial charge on any atom is -0.385 e. The second-order valence-corrected chi connectivity index (χ2v) is 4.87. The molecule has 0 fully saturated rings. The van der Waals surface area contributed by atoms with Gasteiger partial charge in [0.05, 0.1) is 0 Å². The first-order chi connectivity index (χ1) is 8.74. The van der Waals surface area contributed by atoms with Gasteiger partial charge in [0.25, 0.3) is 0 Å². The second kappa shape index (κ2) is 4.45. The monoisotopic (exact) mass is 241 g/mol. The molecule has 0 unspecified atom stereocenters. The molecule has 2 aromatic carbocycles. The molecular weight excluding hydrogens is 225 g/mol. The maximum Gasteiger partial charge on any atom is 0.126 e. The molecule has 92 valence electrons. The van der Waals surface area contributed by atoms with Crippen molar-refractivity contribution in [3.05, 3.63) is 53.3 Å². The quantitative estimate of drug-likeness (QED) is 0.790. The molecular formula is C16H16FN. The Balaban J connectivity index is 2.03. The summed E-state index contributed by atoms with van der Waals surface area (Å²) in [6, 6.07) is 11.7. The van der Waals surface area contributed by atoms with Crippen LogP contribution >= 0.6 is 0 Å². The summed E-state index contributed by atoms with van der Waals surface area (Å²) in [5, 5.41) is 3.42. The number of hydrogen-bond donors (Lipinski definition) is 1. The van der Waals surface area contributed by atoms with E-state index in [-0.39, 0.29) is 5.82 Å². The molecule has 0 aromatic heterocycles. The first kappa shape index (κ1) is 11.3. The number of benzene rings is 2. The number of hydrogen-bond acceptors (Lipinski definition) is 1. The van der Waals surface area contributed by atoms with E-state index in [4.69, 9.17) is 0 Å². The summed E-state index contributed by atoms with van der Waals surface area (Å²) in [7, 11) is 0. The van der Waals surface area contributed by atoms with E-state index in [1.54, 1.807) is 6.92 Å². The number of fused-ring (bicyclic) bond motifs is 1. The summed E-state index contributed by atoms with van der Waals surface area (Å²) in [6.45, 7) is 2.84. The zero-order valence-electron chi connectivity index (χ0n) is 10.5. The molecule has 0 saturated heterocycles. The molecule has 0 aliphatic carbocycles. The maximum absolute atomic E-state index is 13.3. The Morgan fingerprint density at radius 1 is 1.06 bits per heavy atom. The lowest BCUT2D eigenvalue weighted by molar-refractivity contribution is 0.619. The van der Waals surface area contributed by atoms with Crippen molar-refractivity contribution in [2.75, 3.05) is 11.9 Å². The van der Waals surface area contributed by atoms with E-state index in [9.17, 15) is 4.39 Å². The Hall–Kier alpha value is -1.83. The Labute approximate surface area is 107 Å². The predicted molar refractivity (Wildman–Crippen MR) is 73.4 cm³/mol. The molecule has 0 amide bonds. The van der Waals surface area contributed by atoms with Crippen LogP contribution in [0.2, 0.25) is 0 Å². The number of nitrogens with one attached hydrogen (secondary N) is 1. The Bertz CT molecular complexity index is 590. The summed E-state index contributed by atoms with van der Waals surface area (Å²) in [5.74, 6) is -0.144. The van der Waals surface area contributed by atoms with Gasteiger partial charge in [-0.2, -0.15) is 0 Å². The summed E-state index contributed by atoms with van der Waals surface area (Å²) in [6.07, 6.45) is 2.34. The van der Waals surface area contributed by atoms with Crippen molar-refractivity contribution < 1.29 is 4.39 Å². The molecule has 1 aliphatic rings. The van der Waals surface area contributed by atoms with Crippen molar-refractivity contribution in [2.45, 2.75) is 19.8 Å². The van der Waals surface area contributed by atoms with E-state index < -0.39 is 0 Å². The molecule has 2 heteroatoms. The van der Waals surface area contributed by atoms with Gasteiger partial charge in [0.2, 0.25) is 0 Å². The van der Waals surface area contributed by atoms with Crippen LogP contribution in [0.25, 0.3) is 11.1 Å². The van der Waals surface area contributed by atoms with Crippen LogP contribution < -0.4 is 5.32 Å². The average Bonchev–Trinajstić information content (AvgIpc) is 2.41. The van der Waals surface area contributed by atoms with E-state index in [1.165, 1.54) is 23.7 Å². The van der Waals surface area contributed by atoms with Crippen molar-refractivity contribution in [1.29, 1.82) is 0 Å². The standard InChI is InChI=1S/C16H16FN/c1-11-9-13(6-7-15(11)17)14-5-4-12-3-2-8-18-16(12)10-14/h4-7,9-10,18H,2-3,8H2,1H3. The smallest absolute Gasteiger partial charge is 0.126 e. The van der Waals surface area contributed by atoms with Crippen molar-refractivity contribution >= 4 is 5.69 Å². The zero-order valence-corrected chi connectivity index (χ0v) is 10.5. The minimum absolute atomic E-state index is 0.144. The highest BCUT2D eigenvalue weighted by Crippen LogP contribution is 2.29. The van der Waals surface area contributed by atoms with E-state index in [0.29, 0.717) is 5.56 Å². The molecule has 0 atom stereocenters. The van der Waals surface area contributed by atoms with Crippen LogP contribution in [0.1, 0.15) is 17.5 Å². The fourth-order valence-electron chi connectivity index (χ4n) is 2.46. The third-order valence-corrected chi connectivity index (χ3v) is 3.54. The van der Waals surface area contributed by atoms with Crippen LogP contribution in [-0.4, -0.2) is 6.54 Å². The lowest BCUT2D eigenvalue weighted by Crippen LogP contribution is -2.11. The molecule has 1 N–H and O–H groups in total. The predicted octanol–water partition coefficient (Wildman–Crippen LogP) is 4.16. The molecule has 0 spiro atoms. The molecule has 1 nitrogen and oxygen atoms in total. The van der Waals surface area contributed by atoms with Gasteiger partial charge >= 0.3 is 0 Å². The van der Waals surface area contributed by atoms with E-state index in [2.05, 4.69) is 23.5 Å². The van der Waals surface area contributed by atoms with Crippen LogP contribution in [0.3, 0.4) is 0 Å². The molecule has 3 rings (SSSR count). The number of rotatable bonds is 1. The number of halogens is 1. The van der Waals surface area contributed by atoms with Crippen LogP contribution in [0.15, 0.2) is 36.4 Å². The lowest BCUT2D eigenvalue weighted by atomic mass is 9.97. The van der Waals surface area contributed by atoms with Crippen LogP contribution in [0.5, 0.6) is 0 Å². The molecule has 0 bridgehead atoms. The third-order valence-electron chi connectivity index (χ3n) is 3.54. The Kier molecular flexibility index (Phi) is 2.78. The van der Waals surface area contributed by atoms with Gasteiger partial charge in [-0.1, -0.05) is 18.2 Å². The first-order valence-electron chi connectivity index (χ1n) is 6.37. The number of aryl methyl sites for hydroxylation is 2. The van der Waals surface area contributed by atoms with Gasteiger partial charge in [-0.25, -0.2) is 4.39 Å². The fourth-order valence-corrected chi connectivity index (χ4v) is 2.46. The van der Waals surface area contributed by atoms with Gasteiger partial charge < -0.3 is 5.32 Å². The average molecular weight is 241 g/mol. The summed E-state index contributed by atoms with van der Waals surface area (Å²) < 4.78 is 13.3.